The highest BCUT2D eigenvalue weighted by Gasteiger charge is 2.09. The minimum atomic E-state index is 0.0877. The third-order valence-electron chi connectivity index (χ3n) is 3.70. The lowest BCUT2D eigenvalue weighted by atomic mass is 9.91. The quantitative estimate of drug-likeness (QED) is 0.828. The number of aryl methyl sites for hydroxylation is 2. The minimum absolute atomic E-state index is 0.0877. The van der Waals surface area contributed by atoms with E-state index in [0.717, 1.165) is 12.8 Å². The van der Waals surface area contributed by atoms with Crippen LogP contribution >= 0.6 is 0 Å². The Hall–Kier alpha value is -1.35. The molecule has 0 aliphatic heterocycles. The molecule has 0 radical (unpaired) electrons. The fraction of sp³-hybridized carbons (Fsp3) is 0.562. The molecule has 1 amide bonds. The number of hydrogen-bond donors (Lipinski definition) is 1. The van der Waals surface area contributed by atoms with E-state index in [1.807, 2.05) is 14.1 Å². The van der Waals surface area contributed by atoms with Gasteiger partial charge >= 0.3 is 0 Å². The van der Waals surface area contributed by atoms with Gasteiger partial charge in [0.25, 0.3) is 0 Å². The maximum Gasteiger partial charge on any atom is 0.234 e. The summed E-state index contributed by atoms with van der Waals surface area (Å²) in [6, 6.07) is 2.24. The fourth-order valence-corrected chi connectivity index (χ4v) is 2.40. The highest BCUT2D eigenvalue weighted by Crippen LogP contribution is 2.23. The number of hydrazine groups is 1. The number of carbonyl (C=O) groups is 1. The van der Waals surface area contributed by atoms with E-state index in [1.165, 1.54) is 27.8 Å². The lowest BCUT2D eigenvalue weighted by Gasteiger charge is -2.16. The maximum atomic E-state index is 11.6. The Bertz CT molecular complexity index is 438. The molecule has 0 aromatic heterocycles. The van der Waals surface area contributed by atoms with Crippen LogP contribution in [0.25, 0.3) is 0 Å². The first-order valence-electron chi connectivity index (χ1n) is 6.86. The van der Waals surface area contributed by atoms with E-state index >= 15 is 0 Å². The van der Waals surface area contributed by atoms with Gasteiger partial charge in [0.2, 0.25) is 5.91 Å². The zero-order valence-corrected chi connectivity index (χ0v) is 13.1. The summed E-state index contributed by atoms with van der Waals surface area (Å²) >= 11 is 0. The Morgan fingerprint density at radius 3 is 2.11 bits per heavy atom. The van der Waals surface area contributed by atoms with Gasteiger partial charge in [-0.15, -0.1) is 0 Å². The average molecular weight is 262 g/mol. The highest BCUT2D eigenvalue weighted by atomic mass is 16.2. The fourth-order valence-electron chi connectivity index (χ4n) is 2.40. The number of carbonyl (C=O) groups excluding carboxylic acids is 1. The molecule has 0 aliphatic rings. The molecule has 3 nitrogen and oxygen atoms in total. The molecule has 0 fully saturated rings. The van der Waals surface area contributed by atoms with Crippen LogP contribution < -0.4 is 5.43 Å². The summed E-state index contributed by atoms with van der Waals surface area (Å²) in [5, 5.41) is 1.69. The molecular weight excluding hydrogens is 236 g/mol. The minimum Gasteiger partial charge on any atom is -0.289 e. The van der Waals surface area contributed by atoms with Crippen LogP contribution in [0.4, 0.5) is 0 Å². The van der Waals surface area contributed by atoms with Crippen molar-refractivity contribution in [3.63, 3.8) is 0 Å². The average Bonchev–Trinajstić information content (AvgIpc) is 2.30. The van der Waals surface area contributed by atoms with Gasteiger partial charge in [0.05, 0.1) is 0 Å². The molecule has 0 saturated carbocycles. The molecule has 0 unspecified atom stereocenters. The van der Waals surface area contributed by atoms with Crippen LogP contribution in [0.5, 0.6) is 0 Å². The molecule has 0 atom stereocenters. The number of rotatable bonds is 5. The number of hydrogen-bond acceptors (Lipinski definition) is 2. The standard InChI is InChI=1S/C16H26N2O/c1-11-10-12(2)14(4)15(13(11)3)8-7-9-16(19)17-18(5)6/h10H,7-9H2,1-6H3,(H,17,19). The van der Waals surface area contributed by atoms with Crippen molar-refractivity contribution in [3.8, 4) is 0 Å². The molecule has 1 rings (SSSR count). The second-order valence-corrected chi connectivity index (χ2v) is 5.52. The topological polar surface area (TPSA) is 32.3 Å². The normalized spacial score (nSPS) is 10.9. The van der Waals surface area contributed by atoms with Gasteiger partial charge in [-0.05, 0) is 68.4 Å². The Balaban J connectivity index is 2.66. The van der Waals surface area contributed by atoms with Gasteiger partial charge in [-0.25, -0.2) is 5.01 Å². The van der Waals surface area contributed by atoms with E-state index < -0.39 is 0 Å². The third kappa shape index (κ3) is 4.35. The molecule has 0 saturated heterocycles. The first-order valence-corrected chi connectivity index (χ1v) is 6.86. The van der Waals surface area contributed by atoms with Gasteiger partial charge < -0.3 is 0 Å². The number of amides is 1. The Labute approximate surface area is 117 Å². The SMILES string of the molecule is Cc1cc(C)c(C)c(CCCC(=O)NN(C)C)c1C. The highest BCUT2D eigenvalue weighted by molar-refractivity contribution is 5.75. The zero-order chi connectivity index (χ0) is 14.6. The molecule has 106 valence electrons. The van der Waals surface area contributed by atoms with Crippen LogP contribution in [-0.4, -0.2) is 25.0 Å². The van der Waals surface area contributed by atoms with Gasteiger partial charge in [-0.3, -0.25) is 10.2 Å². The summed E-state index contributed by atoms with van der Waals surface area (Å²) in [7, 11) is 3.66. The van der Waals surface area contributed by atoms with E-state index in [9.17, 15) is 4.79 Å². The van der Waals surface area contributed by atoms with E-state index in [4.69, 9.17) is 0 Å². The monoisotopic (exact) mass is 262 g/mol. The predicted molar refractivity (Wildman–Crippen MR) is 80.2 cm³/mol. The lowest BCUT2D eigenvalue weighted by molar-refractivity contribution is -0.124. The molecule has 0 heterocycles. The van der Waals surface area contributed by atoms with Crippen molar-refractivity contribution in [1.82, 2.24) is 10.4 Å². The smallest absolute Gasteiger partial charge is 0.234 e. The Kier molecular flexibility index (Phi) is 5.55. The summed E-state index contributed by atoms with van der Waals surface area (Å²) < 4.78 is 0. The maximum absolute atomic E-state index is 11.6. The molecule has 19 heavy (non-hydrogen) atoms. The van der Waals surface area contributed by atoms with Crippen molar-refractivity contribution in [2.24, 2.45) is 0 Å². The molecule has 1 aromatic carbocycles. The second-order valence-electron chi connectivity index (χ2n) is 5.52. The summed E-state index contributed by atoms with van der Waals surface area (Å²) in [5.41, 5.74) is 9.62. The van der Waals surface area contributed by atoms with Gasteiger partial charge in [0.15, 0.2) is 0 Å². The lowest BCUT2D eigenvalue weighted by Crippen LogP contribution is -2.35. The summed E-state index contributed by atoms with van der Waals surface area (Å²) in [5.74, 6) is 0.0877. The molecule has 1 N–H and O–H groups in total. The van der Waals surface area contributed by atoms with E-state index in [0.29, 0.717) is 6.42 Å². The van der Waals surface area contributed by atoms with E-state index in [1.54, 1.807) is 5.01 Å². The molecule has 1 aromatic rings. The zero-order valence-electron chi connectivity index (χ0n) is 13.1. The Morgan fingerprint density at radius 1 is 1.11 bits per heavy atom. The van der Waals surface area contributed by atoms with Crippen molar-refractivity contribution in [2.75, 3.05) is 14.1 Å². The van der Waals surface area contributed by atoms with Crippen molar-refractivity contribution >= 4 is 5.91 Å². The van der Waals surface area contributed by atoms with Crippen LogP contribution in [0.3, 0.4) is 0 Å². The molecular formula is C16H26N2O. The molecule has 0 bridgehead atoms. The Morgan fingerprint density at radius 2 is 1.63 bits per heavy atom. The third-order valence-corrected chi connectivity index (χ3v) is 3.70. The van der Waals surface area contributed by atoms with Crippen molar-refractivity contribution < 1.29 is 4.79 Å². The first-order chi connectivity index (χ1) is 8.82. The van der Waals surface area contributed by atoms with Crippen LogP contribution in [0, 0.1) is 27.7 Å². The predicted octanol–water partition coefficient (Wildman–Crippen LogP) is 2.84. The van der Waals surface area contributed by atoms with Gasteiger partial charge in [-0.1, -0.05) is 6.07 Å². The van der Waals surface area contributed by atoms with Crippen LogP contribution in [0.15, 0.2) is 6.07 Å². The van der Waals surface area contributed by atoms with E-state index in [2.05, 4.69) is 39.2 Å². The molecule has 3 heteroatoms. The van der Waals surface area contributed by atoms with Gasteiger partial charge in [0, 0.05) is 20.5 Å². The second kappa shape index (κ2) is 6.71. The number of nitrogens with one attached hydrogen (secondary N) is 1. The number of nitrogens with zero attached hydrogens (tertiary/aromatic N) is 1. The van der Waals surface area contributed by atoms with Crippen molar-refractivity contribution in [2.45, 2.75) is 47.0 Å². The van der Waals surface area contributed by atoms with Crippen LogP contribution in [0.1, 0.15) is 40.7 Å². The van der Waals surface area contributed by atoms with Gasteiger partial charge in [0.1, 0.15) is 0 Å². The number of benzene rings is 1. The summed E-state index contributed by atoms with van der Waals surface area (Å²) in [6.45, 7) is 8.67. The molecule has 0 spiro atoms. The van der Waals surface area contributed by atoms with Crippen LogP contribution in [-0.2, 0) is 11.2 Å². The van der Waals surface area contributed by atoms with E-state index in [-0.39, 0.29) is 5.91 Å². The molecule has 0 aliphatic carbocycles. The summed E-state index contributed by atoms with van der Waals surface area (Å²) in [6.07, 6.45) is 2.44. The largest absolute Gasteiger partial charge is 0.289 e. The van der Waals surface area contributed by atoms with Crippen molar-refractivity contribution in [3.05, 3.63) is 33.9 Å². The first kappa shape index (κ1) is 15.7. The van der Waals surface area contributed by atoms with Gasteiger partial charge in [-0.2, -0.15) is 0 Å². The van der Waals surface area contributed by atoms with Crippen LogP contribution in [0.2, 0.25) is 0 Å². The summed E-state index contributed by atoms with van der Waals surface area (Å²) in [4.78, 5) is 11.6. The van der Waals surface area contributed by atoms with Crippen molar-refractivity contribution in [1.29, 1.82) is 0 Å².